The molecular weight excluding hydrogens is 204 g/mol. The van der Waals surface area contributed by atoms with Crippen LogP contribution in [-0.4, -0.2) is 17.7 Å². The summed E-state index contributed by atoms with van der Waals surface area (Å²) in [5.41, 5.74) is 0. The molecule has 0 heterocycles. The molecule has 0 spiro atoms. The van der Waals surface area contributed by atoms with Gasteiger partial charge in [0.05, 0.1) is 18.9 Å². The van der Waals surface area contributed by atoms with Crippen molar-refractivity contribution in [2.75, 3.05) is 6.61 Å². The van der Waals surface area contributed by atoms with Crippen molar-refractivity contribution < 1.29 is 14.6 Å². The van der Waals surface area contributed by atoms with E-state index >= 15 is 0 Å². The summed E-state index contributed by atoms with van der Waals surface area (Å²) < 4.78 is 5.01. The lowest BCUT2D eigenvalue weighted by molar-refractivity contribution is -0.131. The fraction of sp³-hybridized carbons (Fsp3) is 0.615. The number of hydrogen-bond acceptors (Lipinski definition) is 2. The predicted molar refractivity (Wildman–Crippen MR) is 65.2 cm³/mol. The minimum atomic E-state index is -0.970. The molecule has 0 aliphatic rings. The van der Waals surface area contributed by atoms with Crippen LogP contribution in [-0.2, 0) is 9.53 Å². The van der Waals surface area contributed by atoms with Gasteiger partial charge in [-0.25, -0.2) is 4.79 Å². The lowest BCUT2D eigenvalue weighted by Crippen LogP contribution is -1.91. The maximum atomic E-state index is 10.1. The number of unbranched alkanes of at least 4 members (excludes halogenated alkanes) is 6. The van der Waals surface area contributed by atoms with Crippen LogP contribution in [0, 0.1) is 0 Å². The van der Waals surface area contributed by atoms with Gasteiger partial charge < -0.3 is 9.84 Å². The molecular formula is C13H22O3. The lowest BCUT2D eigenvalue weighted by atomic mass is 10.1. The Hall–Kier alpha value is -1.25. The second-order valence-corrected chi connectivity index (χ2v) is 3.71. The van der Waals surface area contributed by atoms with Crippen molar-refractivity contribution in [3.8, 4) is 0 Å². The zero-order valence-electron chi connectivity index (χ0n) is 9.86. The van der Waals surface area contributed by atoms with Crippen LogP contribution in [0.3, 0.4) is 0 Å². The molecule has 0 aliphatic heterocycles. The highest BCUT2D eigenvalue weighted by atomic mass is 16.5. The fourth-order valence-corrected chi connectivity index (χ4v) is 1.36. The van der Waals surface area contributed by atoms with Gasteiger partial charge in [-0.3, -0.25) is 0 Å². The first kappa shape index (κ1) is 14.8. The molecule has 0 atom stereocenters. The van der Waals surface area contributed by atoms with Gasteiger partial charge in [-0.2, -0.15) is 0 Å². The third-order valence-corrected chi connectivity index (χ3v) is 2.23. The van der Waals surface area contributed by atoms with Gasteiger partial charge in [0.25, 0.3) is 0 Å². The number of carboxylic acid groups (broad SMARTS) is 1. The van der Waals surface area contributed by atoms with Gasteiger partial charge in [0, 0.05) is 0 Å². The minimum Gasteiger partial charge on any atom is -0.501 e. The van der Waals surface area contributed by atoms with E-state index in [-0.39, 0.29) is 0 Å². The van der Waals surface area contributed by atoms with Gasteiger partial charge in [-0.15, -0.1) is 6.58 Å². The molecule has 0 fully saturated rings. The van der Waals surface area contributed by atoms with Crippen molar-refractivity contribution in [3.05, 3.63) is 25.0 Å². The van der Waals surface area contributed by atoms with E-state index in [4.69, 9.17) is 9.84 Å². The Bertz CT molecular complexity index is 209. The monoisotopic (exact) mass is 226 g/mol. The standard InChI is InChI=1S/C13H22O3/c1-2-3-4-5-6-7-8-9-11-16-12-10-13(14)15/h2,10,12H,1,3-9,11H2,(H,14,15)/b12-10+. The molecule has 0 radical (unpaired) electrons. The van der Waals surface area contributed by atoms with Gasteiger partial charge in [0.2, 0.25) is 0 Å². The van der Waals surface area contributed by atoms with Gasteiger partial charge in [-0.05, 0) is 19.3 Å². The second-order valence-electron chi connectivity index (χ2n) is 3.71. The Morgan fingerprint density at radius 1 is 1.12 bits per heavy atom. The number of ether oxygens (including phenoxy) is 1. The molecule has 92 valence electrons. The van der Waals surface area contributed by atoms with Gasteiger partial charge in [0.1, 0.15) is 0 Å². The summed E-state index contributed by atoms with van der Waals surface area (Å²) in [5, 5.41) is 8.28. The molecule has 0 saturated heterocycles. The quantitative estimate of drug-likeness (QED) is 0.254. The van der Waals surface area contributed by atoms with Gasteiger partial charge >= 0.3 is 5.97 Å². The normalized spacial score (nSPS) is 10.5. The molecule has 0 amide bonds. The molecule has 0 rings (SSSR count). The average molecular weight is 226 g/mol. The Kier molecular flexibility index (Phi) is 10.9. The number of carboxylic acids is 1. The van der Waals surface area contributed by atoms with Crippen LogP contribution < -0.4 is 0 Å². The summed E-state index contributed by atoms with van der Waals surface area (Å²) in [4.78, 5) is 10.1. The third kappa shape index (κ3) is 12.8. The van der Waals surface area contributed by atoms with E-state index < -0.39 is 5.97 Å². The molecule has 0 aromatic carbocycles. The van der Waals surface area contributed by atoms with Crippen LogP contribution >= 0.6 is 0 Å². The second kappa shape index (κ2) is 11.8. The molecule has 0 unspecified atom stereocenters. The summed E-state index contributed by atoms with van der Waals surface area (Å²) in [6.07, 6.45) is 12.5. The largest absolute Gasteiger partial charge is 0.501 e. The molecule has 0 saturated carbocycles. The van der Waals surface area contributed by atoms with E-state index in [1.165, 1.54) is 31.9 Å². The Labute approximate surface area is 97.8 Å². The van der Waals surface area contributed by atoms with Gasteiger partial charge in [0.15, 0.2) is 0 Å². The summed E-state index contributed by atoms with van der Waals surface area (Å²) in [5.74, 6) is -0.970. The Morgan fingerprint density at radius 2 is 1.75 bits per heavy atom. The average Bonchev–Trinajstić information content (AvgIpc) is 2.25. The number of rotatable bonds is 11. The first-order valence-corrected chi connectivity index (χ1v) is 5.89. The van der Waals surface area contributed by atoms with Crippen LogP contribution in [0.25, 0.3) is 0 Å². The van der Waals surface area contributed by atoms with E-state index in [0.29, 0.717) is 6.61 Å². The van der Waals surface area contributed by atoms with Crippen molar-refractivity contribution in [2.24, 2.45) is 0 Å². The number of carbonyl (C=O) groups is 1. The van der Waals surface area contributed by atoms with Crippen LogP contribution in [0.15, 0.2) is 25.0 Å². The van der Waals surface area contributed by atoms with Crippen LogP contribution in [0.1, 0.15) is 44.9 Å². The first-order chi connectivity index (χ1) is 7.77. The van der Waals surface area contributed by atoms with Crippen molar-refractivity contribution in [3.63, 3.8) is 0 Å². The SMILES string of the molecule is C=CCCCCCCCCO/C=C/C(=O)O. The highest BCUT2D eigenvalue weighted by Crippen LogP contribution is 2.07. The Balaban J connectivity index is 3.04. The van der Waals surface area contributed by atoms with E-state index in [2.05, 4.69) is 6.58 Å². The zero-order chi connectivity index (χ0) is 12.1. The number of allylic oxidation sites excluding steroid dienone is 1. The number of hydrogen-bond donors (Lipinski definition) is 1. The smallest absolute Gasteiger partial charge is 0.331 e. The van der Waals surface area contributed by atoms with E-state index in [9.17, 15) is 4.79 Å². The zero-order valence-corrected chi connectivity index (χ0v) is 9.86. The molecule has 3 heteroatoms. The third-order valence-electron chi connectivity index (χ3n) is 2.23. The van der Waals surface area contributed by atoms with E-state index in [1.54, 1.807) is 0 Å². The highest BCUT2D eigenvalue weighted by Gasteiger charge is 1.91. The summed E-state index contributed by atoms with van der Waals surface area (Å²) in [7, 11) is 0. The maximum Gasteiger partial charge on any atom is 0.331 e. The summed E-state index contributed by atoms with van der Waals surface area (Å²) >= 11 is 0. The molecule has 0 aliphatic carbocycles. The number of aliphatic carboxylic acids is 1. The van der Waals surface area contributed by atoms with Crippen molar-refractivity contribution in [1.82, 2.24) is 0 Å². The summed E-state index contributed by atoms with van der Waals surface area (Å²) in [6, 6.07) is 0. The highest BCUT2D eigenvalue weighted by molar-refractivity contribution is 5.79. The predicted octanol–water partition coefficient (Wildman–Crippen LogP) is 3.52. The molecule has 16 heavy (non-hydrogen) atoms. The van der Waals surface area contributed by atoms with Crippen LogP contribution in [0.5, 0.6) is 0 Å². The molecule has 0 aromatic rings. The maximum absolute atomic E-state index is 10.1. The van der Waals surface area contributed by atoms with Crippen molar-refractivity contribution >= 4 is 5.97 Å². The summed E-state index contributed by atoms with van der Waals surface area (Å²) in [6.45, 7) is 4.29. The minimum absolute atomic E-state index is 0.608. The van der Waals surface area contributed by atoms with Crippen LogP contribution in [0.2, 0.25) is 0 Å². The molecule has 1 N–H and O–H groups in total. The van der Waals surface area contributed by atoms with E-state index in [1.807, 2.05) is 6.08 Å². The Morgan fingerprint density at radius 3 is 2.38 bits per heavy atom. The fourth-order valence-electron chi connectivity index (χ4n) is 1.36. The van der Waals surface area contributed by atoms with Gasteiger partial charge in [-0.1, -0.05) is 31.8 Å². The van der Waals surface area contributed by atoms with Crippen molar-refractivity contribution in [2.45, 2.75) is 44.9 Å². The lowest BCUT2D eigenvalue weighted by Gasteiger charge is -2.01. The topological polar surface area (TPSA) is 46.5 Å². The first-order valence-electron chi connectivity index (χ1n) is 5.89. The molecule has 0 aromatic heterocycles. The molecule has 3 nitrogen and oxygen atoms in total. The van der Waals surface area contributed by atoms with Crippen LogP contribution in [0.4, 0.5) is 0 Å². The molecule has 0 bridgehead atoms. The van der Waals surface area contributed by atoms with E-state index in [0.717, 1.165) is 25.3 Å². The van der Waals surface area contributed by atoms with Crippen molar-refractivity contribution in [1.29, 1.82) is 0 Å².